The highest BCUT2D eigenvalue weighted by Crippen LogP contribution is 2.29. The van der Waals surface area contributed by atoms with Crippen molar-refractivity contribution in [3.8, 4) is 5.75 Å². The summed E-state index contributed by atoms with van der Waals surface area (Å²) in [7, 11) is 0. The number of hydrogen-bond acceptors (Lipinski definition) is 3. The standard InChI is InChI=1S/C15H22N2O2/c16-11-5-10-15(18)17-13-8-3-4-9-14(13)19-12-6-1-2-7-12/h3-4,8-9,12H,1-2,5-7,10-11,16H2,(H,17,18). The molecule has 1 amide bonds. The van der Waals surface area contributed by atoms with E-state index in [9.17, 15) is 4.79 Å². The van der Waals surface area contributed by atoms with E-state index in [4.69, 9.17) is 10.5 Å². The van der Waals surface area contributed by atoms with Crippen LogP contribution in [-0.2, 0) is 4.79 Å². The third kappa shape index (κ3) is 4.24. The van der Waals surface area contributed by atoms with Crippen LogP contribution in [0, 0.1) is 0 Å². The summed E-state index contributed by atoms with van der Waals surface area (Å²) in [6, 6.07) is 7.63. The number of amides is 1. The fourth-order valence-corrected chi connectivity index (χ4v) is 2.33. The van der Waals surface area contributed by atoms with E-state index in [2.05, 4.69) is 5.32 Å². The van der Waals surface area contributed by atoms with Gasteiger partial charge in [0.2, 0.25) is 5.91 Å². The Morgan fingerprint density at radius 1 is 1.32 bits per heavy atom. The first-order chi connectivity index (χ1) is 9.29. The maximum atomic E-state index is 11.7. The van der Waals surface area contributed by atoms with Crippen molar-refractivity contribution >= 4 is 11.6 Å². The number of nitrogens with two attached hydrogens (primary N) is 1. The number of carbonyl (C=O) groups excluding carboxylic acids is 1. The Hall–Kier alpha value is -1.55. The van der Waals surface area contributed by atoms with Crippen LogP contribution in [0.3, 0.4) is 0 Å². The Bertz CT molecular complexity index is 414. The Labute approximate surface area is 114 Å². The number of anilines is 1. The van der Waals surface area contributed by atoms with Gasteiger partial charge < -0.3 is 15.8 Å². The monoisotopic (exact) mass is 262 g/mol. The molecule has 4 nitrogen and oxygen atoms in total. The van der Waals surface area contributed by atoms with E-state index < -0.39 is 0 Å². The van der Waals surface area contributed by atoms with E-state index in [1.165, 1.54) is 12.8 Å². The molecule has 1 aromatic carbocycles. The highest BCUT2D eigenvalue weighted by atomic mass is 16.5. The summed E-state index contributed by atoms with van der Waals surface area (Å²) in [5.74, 6) is 0.767. The first kappa shape index (κ1) is 13.9. The Morgan fingerprint density at radius 2 is 2.05 bits per heavy atom. The molecule has 104 valence electrons. The lowest BCUT2D eigenvalue weighted by atomic mass is 10.2. The zero-order chi connectivity index (χ0) is 13.5. The topological polar surface area (TPSA) is 64.4 Å². The number of rotatable bonds is 6. The molecule has 0 heterocycles. The number of carbonyl (C=O) groups is 1. The maximum Gasteiger partial charge on any atom is 0.224 e. The fraction of sp³-hybridized carbons (Fsp3) is 0.533. The zero-order valence-electron chi connectivity index (χ0n) is 11.2. The molecule has 1 aliphatic rings. The van der Waals surface area contributed by atoms with Gasteiger partial charge >= 0.3 is 0 Å². The summed E-state index contributed by atoms with van der Waals surface area (Å²) in [6.07, 6.45) is 6.13. The molecule has 2 rings (SSSR count). The van der Waals surface area contributed by atoms with Crippen molar-refractivity contribution in [3.63, 3.8) is 0 Å². The number of benzene rings is 1. The van der Waals surface area contributed by atoms with Crippen molar-refractivity contribution in [2.75, 3.05) is 11.9 Å². The van der Waals surface area contributed by atoms with Crippen LogP contribution in [0.2, 0.25) is 0 Å². The first-order valence-corrected chi connectivity index (χ1v) is 7.05. The minimum Gasteiger partial charge on any atom is -0.488 e. The molecule has 1 fully saturated rings. The van der Waals surface area contributed by atoms with Crippen LogP contribution >= 0.6 is 0 Å². The quantitative estimate of drug-likeness (QED) is 0.828. The molecule has 3 N–H and O–H groups in total. The molecule has 1 saturated carbocycles. The SMILES string of the molecule is NCCCC(=O)Nc1ccccc1OC1CCCC1. The van der Waals surface area contributed by atoms with E-state index in [1.807, 2.05) is 24.3 Å². The Morgan fingerprint density at radius 3 is 2.79 bits per heavy atom. The fourth-order valence-electron chi connectivity index (χ4n) is 2.33. The molecule has 0 bridgehead atoms. The van der Waals surface area contributed by atoms with Crippen molar-refractivity contribution in [3.05, 3.63) is 24.3 Å². The number of ether oxygens (including phenoxy) is 1. The molecule has 0 aromatic heterocycles. The summed E-state index contributed by atoms with van der Waals surface area (Å²) < 4.78 is 5.97. The van der Waals surface area contributed by atoms with Crippen LogP contribution < -0.4 is 15.8 Å². The van der Waals surface area contributed by atoms with Gasteiger partial charge in [-0.2, -0.15) is 0 Å². The lowest BCUT2D eigenvalue weighted by Crippen LogP contribution is -2.16. The van der Waals surface area contributed by atoms with Gasteiger partial charge in [0, 0.05) is 6.42 Å². The third-order valence-electron chi connectivity index (χ3n) is 3.36. The van der Waals surface area contributed by atoms with Gasteiger partial charge in [-0.05, 0) is 50.8 Å². The van der Waals surface area contributed by atoms with Gasteiger partial charge in [-0.1, -0.05) is 12.1 Å². The maximum absolute atomic E-state index is 11.7. The van der Waals surface area contributed by atoms with Crippen LogP contribution in [0.1, 0.15) is 38.5 Å². The molecule has 0 radical (unpaired) electrons. The van der Waals surface area contributed by atoms with Crippen molar-refractivity contribution in [1.82, 2.24) is 0 Å². The number of nitrogens with one attached hydrogen (secondary N) is 1. The lowest BCUT2D eigenvalue weighted by Gasteiger charge is -2.16. The minimum absolute atomic E-state index is 0.00655. The molecule has 4 heteroatoms. The minimum atomic E-state index is -0.00655. The summed E-state index contributed by atoms with van der Waals surface area (Å²) in [6.45, 7) is 0.535. The predicted octanol–water partition coefficient (Wildman–Crippen LogP) is 2.69. The van der Waals surface area contributed by atoms with Gasteiger partial charge in [0.25, 0.3) is 0 Å². The zero-order valence-corrected chi connectivity index (χ0v) is 11.2. The summed E-state index contributed by atoms with van der Waals surface area (Å²) in [5, 5.41) is 2.90. The Balaban J connectivity index is 1.97. The van der Waals surface area contributed by atoms with Gasteiger partial charge in [0.05, 0.1) is 11.8 Å². The smallest absolute Gasteiger partial charge is 0.224 e. The molecule has 0 spiro atoms. The van der Waals surface area contributed by atoms with Gasteiger partial charge in [0.1, 0.15) is 5.75 Å². The Kier molecular flexibility index (Phi) is 5.21. The van der Waals surface area contributed by atoms with E-state index >= 15 is 0 Å². The van der Waals surface area contributed by atoms with Crippen LogP contribution in [0.15, 0.2) is 24.3 Å². The van der Waals surface area contributed by atoms with Gasteiger partial charge in [-0.15, -0.1) is 0 Å². The normalized spacial score (nSPS) is 15.4. The molecular weight excluding hydrogens is 240 g/mol. The molecule has 19 heavy (non-hydrogen) atoms. The first-order valence-electron chi connectivity index (χ1n) is 7.05. The van der Waals surface area contributed by atoms with E-state index in [0.717, 1.165) is 24.3 Å². The summed E-state index contributed by atoms with van der Waals surface area (Å²) in [4.78, 5) is 11.7. The molecule has 0 saturated heterocycles. The molecule has 0 unspecified atom stereocenters. The second kappa shape index (κ2) is 7.14. The van der Waals surface area contributed by atoms with Crippen LogP contribution in [-0.4, -0.2) is 18.6 Å². The highest BCUT2D eigenvalue weighted by Gasteiger charge is 2.18. The second-order valence-corrected chi connectivity index (χ2v) is 4.96. The molecular formula is C15H22N2O2. The van der Waals surface area contributed by atoms with Gasteiger partial charge in [-0.25, -0.2) is 0 Å². The van der Waals surface area contributed by atoms with Crippen LogP contribution in [0.25, 0.3) is 0 Å². The van der Waals surface area contributed by atoms with E-state index in [1.54, 1.807) is 0 Å². The average Bonchev–Trinajstić information content (AvgIpc) is 2.91. The summed E-state index contributed by atoms with van der Waals surface area (Å²) >= 11 is 0. The van der Waals surface area contributed by atoms with Gasteiger partial charge in [-0.3, -0.25) is 4.79 Å². The van der Waals surface area contributed by atoms with E-state index in [-0.39, 0.29) is 5.91 Å². The molecule has 1 aliphatic carbocycles. The third-order valence-corrected chi connectivity index (χ3v) is 3.36. The number of hydrogen-bond donors (Lipinski definition) is 2. The van der Waals surface area contributed by atoms with Crippen LogP contribution in [0.5, 0.6) is 5.75 Å². The molecule has 0 atom stereocenters. The van der Waals surface area contributed by atoms with Crippen molar-refractivity contribution < 1.29 is 9.53 Å². The molecule has 0 aliphatic heterocycles. The number of para-hydroxylation sites is 2. The van der Waals surface area contributed by atoms with Crippen molar-refractivity contribution in [2.45, 2.75) is 44.6 Å². The lowest BCUT2D eigenvalue weighted by molar-refractivity contribution is -0.116. The second-order valence-electron chi connectivity index (χ2n) is 4.96. The predicted molar refractivity (Wildman–Crippen MR) is 76.2 cm³/mol. The molecule has 1 aromatic rings. The van der Waals surface area contributed by atoms with Crippen LogP contribution in [0.4, 0.5) is 5.69 Å². The van der Waals surface area contributed by atoms with E-state index in [0.29, 0.717) is 25.5 Å². The highest BCUT2D eigenvalue weighted by molar-refractivity contribution is 5.92. The van der Waals surface area contributed by atoms with Crippen molar-refractivity contribution in [2.24, 2.45) is 5.73 Å². The summed E-state index contributed by atoms with van der Waals surface area (Å²) in [5.41, 5.74) is 6.16. The average molecular weight is 262 g/mol. The van der Waals surface area contributed by atoms with Crippen molar-refractivity contribution in [1.29, 1.82) is 0 Å². The van der Waals surface area contributed by atoms with Gasteiger partial charge in [0.15, 0.2) is 0 Å². The largest absolute Gasteiger partial charge is 0.488 e.